The summed E-state index contributed by atoms with van der Waals surface area (Å²) in [4.78, 5) is 53.1. The Bertz CT molecular complexity index is 923. The van der Waals surface area contributed by atoms with Gasteiger partial charge in [0.05, 0.1) is 17.0 Å². The molecule has 3 rings (SSSR count). The molecule has 0 aliphatic carbocycles. The number of imide groups is 1. The van der Waals surface area contributed by atoms with Crippen molar-refractivity contribution in [2.24, 2.45) is 0 Å². The summed E-state index contributed by atoms with van der Waals surface area (Å²) in [5, 5.41) is 1.81. The van der Waals surface area contributed by atoms with Crippen LogP contribution in [0.4, 0.5) is 5.69 Å². The molecule has 2 unspecified atom stereocenters. The van der Waals surface area contributed by atoms with Crippen LogP contribution in [0.15, 0.2) is 41.8 Å². The first-order valence-electron chi connectivity index (χ1n) is 9.35. The van der Waals surface area contributed by atoms with E-state index in [4.69, 9.17) is 4.74 Å². The van der Waals surface area contributed by atoms with Gasteiger partial charge in [-0.15, -0.1) is 11.3 Å². The molecule has 29 heavy (non-hydrogen) atoms. The number of anilines is 1. The molecule has 0 saturated carbocycles. The zero-order valence-electron chi connectivity index (χ0n) is 16.5. The van der Waals surface area contributed by atoms with Crippen LogP contribution in [-0.2, 0) is 14.4 Å². The van der Waals surface area contributed by atoms with Gasteiger partial charge in [0.1, 0.15) is 11.8 Å². The van der Waals surface area contributed by atoms with Crippen LogP contribution >= 0.6 is 11.3 Å². The van der Waals surface area contributed by atoms with Crippen molar-refractivity contribution in [1.82, 2.24) is 4.90 Å². The maximum Gasteiger partial charge on any atom is 0.308 e. The molecule has 7 nitrogen and oxygen atoms in total. The Balaban J connectivity index is 1.87. The lowest BCUT2D eigenvalue weighted by molar-refractivity contribution is -0.132. The molecule has 0 N–H and O–H groups in total. The van der Waals surface area contributed by atoms with E-state index in [0.717, 1.165) is 4.90 Å². The second-order valence-corrected chi connectivity index (χ2v) is 7.77. The largest absolute Gasteiger partial charge is 0.427 e. The van der Waals surface area contributed by atoms with Crippen LogP contribution in [0.5, 0.6) is 5.75 Å². The molecule has 1 aromatic heterocycles. The average Bonchev–Trinajstić information content (AvgIpc) is 3.31. The number of benzene rings is 1. The van der Waals surface area contributed by atoms with Crippen LogP contribution < -0.4 is 9.64 Å². The predicted molar refractivity (Wildman–Crippen MR) is 109 cm³/mol. The van der Waals surface area contributed by atoms with Crippen LogP contribution in [-0.4, -0.2) is 40.7 Å². The standard InChI is InChI=1S/C21H22N2O5S/c1-4-13(2)22(21(27)18-6-5-11-29-18)17-12-19(25)23(20(17)26)15-7-9-16(10-8-15)28-14(3)24/h5-11,13,17H,4,12H2,1-3H3. The van der Waals surface area contributed by atoms with Crippen LogP contribution in [0.2, 0.25) is 0 Å². The van der Waals surface area contributed by atoms with Crippen molar-refractivity contribution in [2.75, 3.05) is 4.90 Å². The third kappa shape index (κ3) is 4.22. The molecule has 0 bridgehead atoms. The van der Waals surface area contributed by atoms with Crippen LogP contribution in [0, 0.1) is 0 Å². The molecule has 2 heterocycles. The molecule has 3 amide bonds. The SMILES string of the molecule is CCC(C)N(C(=O)c1cccs1)C1CC(=O)N(c2ccc(OC(C)=O)cc2)C1=O. The molecule has 1 saturated heterocycles. The molecule has 152 valence electrons. The fraction of sp³-hybridized carbons (Fsp3) is 0.333. The molecule has 1 aromatic carbocycles. The molecule has 1 aliphatic heterocycles. The normalized spacial score (nSPS) is 17.3. The summed E-state index contributed by atoms with van der Waals surface area (Å²) in [7, 11) is 0. The summed E-state index contributed by atoms with van der Waals surface area (Å²) in [6.07, 6.45) is 0.595. The van der Waals surface area contributed by atoms with Gasteiger partial charge >= 0.3 is 5.97 Å². The van der Waals surface area contributed by atoms with Gasteiger partial charge in [0.25, 0.3) is 11.8 Å². The highest BCUT2D eigenvalue weighted by Crippen LogP contribution is 2.30. The number of amides is 3. The zero-order valence-corrected chi connectivity index (χ0v) is 17.3. The molecule has 0 radical (unpaired) electrons. The summed E-state index contributed by atoms with van der Waals surface area (Å²) < 4.78 is 4.98. The van der Waals surface area contributed by atoms with E-state index < -0.39 is 17.9 Å². The van der Waals surface area contributed by atoms with Crippen molar-refractivity contribution in [2.45, 2.75) is 45.7 Å². The molecule has 2 aromatic rings. The summed E-state index contributed by atoms with van der Waals surface area (Å²) in [5.74, 6) is -1.17. The van der Waals surface area contributed by atoms with E-state index in [9.17, 15) is 19.2 Å². The quantitative estimate of drug-likeness (QED) is 0.412. The van der Waals surface area contributed by atoms with E-state index in [1.807, 2.05) is 13.8 Å². The highest BCUT2D eigenvalue weighted by Gasteiger charge is 2.45. The third-order valence-electron chi connectivity index (χ3n) is 4.85. The van der Waals surface area contributed by atoms with E-state index in [1.54, 1.807) is 29.6 Å². The number of carbonyl (C=O) groups is 4. The zero-order chi connectivity index (χ0) is 21.1. The summed E-state index contributed by atoms with van der Waals surface area (Å²) >= 11 is 1.31. The Morgan fingerprint density at radius 1 is 1.24 bits per heavy atom. The minimum absolute atomic E-state index is 0.0635. The Morgan fingerprint density at radius 2 is 1.93 bits per heavy atom. The van der Waals surface area contributed by atoms with Crippen molar-refractivity contribution in [3.8, 4) is 5.75 Å². The van der Waals surface area contributed by atoms with Crippen molar-refractivity contribution < 1.29 is 23.9 Å². The van der Waals surface area contributed by atoms with Crippen molar-refractivity contribution >= 4 is 40.7 Å². The smallest absolute Gasteiger partial charge is 0.308 e. The summed E-state index contributed by atoms with van der Waals surface area (Å²) in [5.41, 5.74) is 0.381. The van der Waals surface area contributed by atoms with Gasteiger partial charge in [0.2, 0.25) is 5.91 Å². The second-order valence-electron chi connectivity index (χ2n) is 6.82. The fourth-order valence-corrected chi connectivity index (χ4v) is 3.97. The first-order chi connectivity index (χ1) is 13.8. The van der Waals surface area contributed by atoms with Gasteiger partial charge in [0.15, 0.2) is 0 Å². The Hall–Kier alpha value is -3.00. The van der Waals surface area contributed by atoms with E-state index in [1.165, 1.54) is 35.3 Å². The Kier molecular flexibility index (Phi) is 6.12. The maximum absolute atomic E-state index is 13.1. The minimum Gasteiger partial charge on any atom is -0.427 e. The van der Waals surface area contributed by atoms with Crippen LogP contribution in [0.1, 0.15) is 43.3 Å². The van der Waals surface area contributed by atoms with E-state index in [2.05, 4.69) is 0 Å². The lowest BCUT2D eigenvalue weighted by Gasteiger charge is -2.32. The van der Waals surface area contributed by atoms with Gasteiger partial charge in [-0.1, -0.05) is 13.0 Å². The molecule has 8 heteroatoms. The number of nitrogens with zero attached hydrogens (tertiary/aromatic N) is 2. The monoisotopic (exact) mass is 414 g/mol. The van der Waals surface area contributed by atoms with Gasteiger partial charge in [-0.05, 0) is 49.1 Å². The van der Waals surface area contributed by atoms with Crippen LogP contribution in [0.3, 0.4) is 0 Å². The van der Waals surface area contributed by atoms with Gasteiger partial charge in [-0.25, -0.2) is 4.90 Å². The molecule has 1 fully saturated rings. The lowest BCUT2D eigenvalue weighted by Crippen LogP contribution is -2.49. The van der Waals surface area contributed by atoms with Gasteiger partial charge in [-0.3, -0.25) is 19.2 Å². The first-order valence-corrected chi connectivity index (χ1v) is 10.2. The predicted octanol–water partition coefficient (Wildman–Crippen LogP) is 3.25. The highest BCUT2D eigenvalue weighted by molar-refractivity contribution is 7.12. The number of ether oxygens (including phenoxy) is 1. The number of hydrogen-bond donors (Lipinski definition) is 0. The fourth-order valence-electron chi connectivity index (χ4n) is 3.31. The minimum atomic E-state index is -0.847. The summed E-state index contributed by atoms with van der Waals surface area (Å²) in [6, 6.07) is 8.59. The number of rotatable bonds is 6. The number of hydrogen-bond acceptors (Lipinski definition) is 6. The lowest BCUT2D eigenvalue weighted by atomic mass is 10.1. The van der Waals surface area contributed by atoms with Crippen LogP contribution in [0.25, 0.3) is 0 Å². The molecular weight excluding hydrogens is 392 g/mol. The molecule has 0 spiro atoms. The molecule has 2 atom stereocenters. The van der Waals surface area contributed by atoms with Gasteiger partial charge in [0, 0.05) is 13.0 Å². The van der Waals surface area contributed by atoms with E-state index in [0.29, 0.717) is 22.7 Å². The molecule has 1 aliphatic rings. The van der Waals surface area contributed by atoms with Crippen molar-refractivity contribution in [1.29, 1.82) is 0 Å². The average molecular weight is 414 g/mol. The third-order valence-corrected chi connectivity index (χ3v) is 5.71. The van der Waals surface area contributed by atoms with E-state index in [-0.39, 0.29) is 24.3 Å². The van der Waals surface area contributed by atoms with Crippen molar-refractivity contribution in [3.05, 3.63) is 46.7 Å². The van der Waals surface area contributed by atoms with E-state index >= 15 is 0 Å². The molecular formula is C21H22N2O5S. The number of thiophene rings is 1. The topological polar surface area (TPSA) is 84.0 Å². The second kappa shape index (κ2) is 8.57. The number of carbonyl (C=O) groups excluding carboxylic acids is 4. The Labute approximate surface area is 172 Å². The Morgan fingerprint density at radius 3 is 2.48 bits per heavy atom. The summed E-state index contributed by atoms with van der Waals surface area (Å²) in [6.45, 7) is 5.10. The first kappa shape index (κ1) is 20.7. The van der Waals surface area contributed by atoms with Gasteiger partial charge in [-0.2, -0.15) is 0 Å². The maximum atomic E-state index is 13.1. The van der Waals surface area contributed by atoms with Gasteiger partial charge < -0.3 is 9.64 Å². The van der Waals surface area contributed by atoms with Crippen molar-refractivity contribution in [3.63, 3.8) is 0 Å². The number of esters is 1. The highest BCUT2D eigenvalue weighted by atomic mass is 32.1.